The van der Waals surface area contributed by atoms with Crippen molar-refractivity contribution in [1.82, 2.24) is 9.71 Å². The number of aryl methyl sites for hydroxylation is 1. The highest BCUT2D eigenvalue weighted by atomic mass is 32.2. The molecule has 0 bridgehead atoms. The van der Waals surface area contributed by atoms with Gasteiger partial charge in [0.2, 0.25) is 10.0 Å². The fourth-order valence-corrected chi connectivity index (χ4v) is 2.78. The molecule has 0 fully saturated rings. The molecule has 0 radical (unpaired) electrons. The predicted molar refractivity (Wildman–Crippen MR) is 71.9 cm³/mol. The van der Waals surface area contributed by atoms with E-state index in [0.717, 1.165) is 11.1 Å². The van der Waals surface area contributed by atoms with Crippen molar-refractivity contribution in [2.45, 2.75) is 25.0 Å². The molecule has 19 heavy (non-hydrogen) atoms. The van der Waals surface area contributed by atoms with Crippen LogP contribution in [0.5, 0.6) is 0 Å². The molecule has 0 aliphatic carbocycles. The maximum Gasteiger partial charge on any atom is 0.242 e. The summed E-state index contributed by atoms with van der Waals surface area (Å²) in [6, 6.07) is 9.06. The third-order valence-corrected chi connectivity index (χ3v) is 4.13. The van der Waals surface area contributed by atoms with E-state index in [-0.39, 0.29) is 18.0 Å². The van der Waals surface area contributed by atoms with Gasteiger partial charge in [-0.2, -0.15) is 0 Å². The first-order valence-electron chi connectivity index (χ1n) is 5.84. The van der Waals surface area contributed by atoms with Crippen LogP contribution in [-0.2, 0) is 23.2 Å². The Morgan fingerprint density at radius 2 is 2.11 bits per heavy atom. The Hall–Kier alpha value is -1.63. The average molecular weight is 280 g/mol. The lowest BCUT2D eigenvalue weighted by Gasteiger charge is -2.05. The smallest absolute Gasteiger partial charge is 0.242 e. The quantitative estimate of drug-likeness (QED) is 0.772. The van der Waals surface area contributed by atoms with Gasteiger partial charge in [-0.3, -0.25) is 0 Å². The number of benzene rings is 1. The second-order valence-corrected chi connectivity index (χ2v) is 6.10. The van der Waals surface area contributed by atoms with Gasteiger partial charge in [0.1, 0.15) is 0 Å². The van der Waals surface area contributed by atoms with Crippen LogP contribution in [0.3, 0.4) is 0 Å². The number of aromatic amines is 1. The SMILES string of the molecule is Cc1cccc(CNS(=O)(=O)c2c[nH]c(CO)c2)c1. The molecule has 0 aliphatic rings. The molecule has 0 spiro atoms. The van der Waals surface area contributed by atoms with Crippen LogP contribution in [0.1, 0.15) is 16.8 Å². The summed E-state index contributed by atoms with van der Waals surface area (Å²) in [7, 11) is -3.55. The third-order valence-electron chi connectivity index (χ3n) is 2.75. The van der Waals surface area contributed by atoms with E-state index < -0.39 is 10.0 Å². The maximum absolute atomic E-state index is 12.0. The summed E-state index contributed by atoms with van der Waals surface area (Å²) in [5.41, 5.74) is 2.46. The third kappa shape index (κ3) is 3.44. The molecule has 3 N–H and O–H groups in total. The first-order valence-corrected chi connectivity index (χ1v) is 7.33. The minimum Gasteiger partial charge on any atom is -0.390 e. The molecule has 1 aromatic carbocycles. The molecule has 6 heteroatoms. The number of rotatable bonds is 5. The number of H-pyrrole nitrogens is 1. The van der Waals surface area contributed by atoms with E-state index in [1.54, 1.807) is 0 Å². The fraction of sp³-hybridized carbons (Fsp3) is 0.231. The molecular formula is C13H16N2O3S. The van der Waals surface area contributed by atoms with Crippen LogP contribution >= 0.6 is 0 Å². The van der Waals surface area contributed by atoms with Gasteiger partial charge in [0.05, 0.1) is 11.5 Å². The largest absolute Gasteiger partial charge is 0.390 e. The van der Waals surface area contributed by atoms with Crippen LogP contribution in [0.2, 0.25) is 0 Å². The van der Waals surface area contributed by atoms with E-state index in [1.165, 1.54) is 12.3 Å². The predicted octanol–water partition coefficient (Wildman–Crippen LogP) is 1.29. The second-order valence-electron chi connectivity index (χ2n) is 4.33. The summed E-state index contributed by atoms with van der Waals surface area (Å²) >= 11 is 0. The molecular weight excluding hydrogens is 264 g/mol. The standard InChI is InChI=1S/C13H16N2O3S/c1-10-3-2-4-11(5-10)7-15-19(17,18)13-6-12(9-16)14-8-13/h2-6,8,14-16H,7,9H2,1H3. The summed E-state index contributed by atoms with van der Waals surface area (Å²) < 4.78 is 26.5. The van der Waals surface area contributed by atoms with Gasteiger partial charge in [0.25, 0.3) is 0 Å². The molecule has 5 nitrogen and oxygen atoms in total. The van der Waals surface area contributed by atoms with Crippen molar-refractivity contribution in [2.75, 3.05) is 0 Å². The highest BCUT2D eigenvalue weighted by Crippen LogP contribution is 2.12. The number of sulfonamides is 1. The zero-order valence-corrected chi connectivity index (χ0v) is 11.4. The van der Waals surface area contributed by atoms with Crippen molar-refractivity contribution in [3.8, 4) is 0 Å². The number of aromatic nitrogens is 1. The van der Waals surface area contributed by atoms with Crippen molar-refractivity contribution in [3.63, 3.8) is 0 Å². The molecule has 2 rings (SSSR count). The van der Waals surface area contributed by atoms with Gasteiger partial charge in [0, 0.05) is 18.4 Å². The highest BCUT2D eigenvalue weighted by molar-refractivity contribution is 7.89. The summed E-state index contributed by atoms with van der Waals surface area (Å²) in [6.45, 7) is 1.98. The van der Waals surface area contributed by atoms with Crippen LogP contribution in [0, 0.1) is 6.92 Å². The van der Waals surface area contributed by atoms with Gasteiger partial charge in [0.15, 0.2) is 0 Å². The maximum atomic E-state index is 12.0. The summed E-state index contributed by atoms with van der Waals surface area (Å²) in [4.78, 5) is 2.83. The van der Waals surface area contributed by atoms with Gasteiger partial charge < -0.3 is 10.1 Å². The summed E-state index contributed by atoms with van der Waals surface area (Å²) in [6.07, 6.45) is 1.37. The Morgan fingerprint density at radius 3 is 2.74 bits per heavy atom. The molecule has 0 unspecified atom stereocenters. The number of aliphatic hydroxyl groups excluding tert-OH is 1. The number of hydrogen-bond donors (Lipinski definition) is 3. The van der Waals surface area contributed by atoms with E-state index >= 15 is 0 Å². The molecule has 0 amide bonds. The number of nitrogens with one attached hydrogen (secondary N) is 2. The summed E-state index contributed by atoms with van der Waals surface area (Å²) in [5.74, 6) is 0. The minimum atomic E-state index is -3.55. The number of aliphatic hydroxyl groups is 1. The first kappa shape index (κ1) is 13.8. The van der Waals surface area contributed by atoms with Crippen LogP contribution in [0.4, 0.5) is 0 Å². The van der Waals surface area contributed by atoms with E-state index in [2.05, 4.69) is 9.71 Å². The Labute approximate surface area is 112 Å². The Kier molecular flexibility index (Phi) is 4.04. The topological polar surface area (TPSA) is 82.2 Å². The van der Waals surface area contributed by atoms with E-state index in [0.29, 0.717) is 5.69 Å². The molecule has 0 atom stereocenters. The first-order chi connectivity index (χ1) is 9.01. The Morgan fingerprint density at radius 1 is 1.32 bits per heavy atom. The van der Waals surface area contributed by atoms with E-state index in [1.807, 2.05) is 31.2 Å². The van der Waals surface area contributed by atoms with Crippen molar-refractivity contribution in [3.05, 3.63) is 53.3 Å². The minimum absolute atomic E-state index is 0.129. The average Bonchev–Trinajstić information content (AvgIpc) is 2.86. The van der Waals surface area contributed by atoms with E-state index in [4.69, 9.17) is 5.11 Å². The zero-order valence-electron chi connectivity index (χ0n) is 10.6. The highest BCUT2D eigenvalue weighted by Gasteiger charge is 2.15. The molecule has 0 saturated heterocycles. The van der Waals surface area contributed by atoms with Crippen LogP contribution in [0.15, 0.2) is 41.4 Å². The monoisotopic (exact) mass is 280 g/mol. The van der Waals surface area contributed by atoms with Crippen molar-refractivity contribution >= 4 is 10.0 Å². The zero-order chi connectivity index (χ0) is 13.9. The number of hydrogen-bond acceptors (Lipinski definition) is 3. The van der Waals surface area contributed by atoms with Crippen LogP contribution in [-0.4, -0.2) is 18.5 Å². The molecule has 0 saturated carbocycles. The fourth-order valence-electron chi connectivity index (χ4n) is 1.75. The van der Waals surface area contributed by atoms with E-state index in [9.17, 15) is 8.42 Å². The van der Waals surface area contributed by atoms with Crippen LogP contribution in [0.25, 0.3) is 0 Å². The lowest BCUT2D eigenvalue weighted by molar-refractivity contribution is 0.277. The lowest BCUT2D eigenvalue weighted by atomic mass is 10.1. The van der Waals surface area contributed by atoms with Crippen molar-refractivity contribution in [1.29, 1.82) is 0 Å². The molecule has 1 heterocycles. The lowest BCUT2D eigenvalue weighted by Crippen LogP contribution is -2.22. The molecule has 2 aromatic rings. The Bertz CT molecular complexity index is 662. The van der Waals surface area contributed by atoms with Gasteiger partial charge >= 0.3 is 0 Å². The molecule has 0 aliphatic heterocycles. The van der Waals surface area contributed by atoms with Gasteiger partial charge in [-0.25, -0.2) is 13.1 Å². The molecule has 1 aromatic heterocycles. The van der Waals surface area contributed by atoms with Crippen molar-refractivity contribution in [2.24, 2.45) is 0 Å². The normalized spacial score (nSPS) is 11.7. The van der Waals surface area contributed by atoms with Gasteiger partial charge in [-0.1, -0.05) is 29.8 Å². The van der Waals surface area contributed by atoms with Crippen molar-refractivity contribution < 1.29 is 13.5 Å². The van der Waals surface area contributed by atoms with Crippen LogP contribution < -0.4 is 4.72 Å². The van der Waals surface area contributed by atoms with Gasteiger partial charge in [-0.05, 0) is 18.6 Å². The second kappa shape index (κ2) is 5.56. The Balaban J connectivity index is 2.09. The molecule has 102 valence electrons. The van der Waals surface area contributed by atoms with Gasteiger partial charge in [-0.15, -0.1) is 0 Å². The summed E-state index contributed by atoms with van der Waals surface area (Å²) in [5, 5.41) is 8.91.